The lowest BCUT2D eigenvalue weighted by Crippen LogP contribution is -2.41. The summed E-state index contributed by atoms with van der Waals surface area (Å²) in [4.78, 5) is 50.6. The van der Waals surface area contributed by atoms with Crippen LogP contribution in [0, 0.1) is 0 Å². The Bertz CT molecular complexity index is 800. The molecule has 0 spiro atoms. The van der Waals surface area contributed by atoms with Crippen LogP contribution in [0.3, 0.4) is 0 Å². The van der Waals surface area contributed by atoms with Gasteiger partial charge in [-0.15, -0.1) is 0 Å². The van der Waals surface area contributed by atoms with Gasteiger partial charge in [-0.1, -0.05) is 19.3 Å². The minimum atomic E-state index is -1.17. The normalized spacial score (nSPS) is 18.1. The third-order valence-electron chi connectivity index (χ3n) is 5.33. The lowest BCUT2D eigenvalue weighted by Gasteiger charge is -2.29. The van der Waals surface area contributed by atoms with Crippen LogP contribution in [0.1, 0.15) is 69.6 Å². The summed E-state index contributed by atoms with van der Waals surface area (Å²) < 4.78 is 4.86. The first kappa shape index (κ1) is 20.0. The average molecular weight is 388 g/mol. The van der Waals surface area contributed by atoms with Gasteiger partial charge in [-0.2, -0.15) is 0 Å². The van der Waals surface area contributed by atoms with Crippen molar-refractivity contribution in [1.82, 2.24) is 10.2 Å². The van der Waals surface area contributed by atoms with E-state index < -0.39 is 17.9 Å². The molecule has 1 aromatic carbocycles. The maximum absolute atomic E-state index is 12.8. The zero-order valence-electron chi connectivity index (χ0n) is 15.8. The Kier molecular flexibility index (Phi) is 6.08. The molecule has 1 aliphatic heterocycles. The predicted molar refractivity (Wildman–Crippen MR) is 99.2 cm³/mol. The Hall–Kier alpha value is -2.74. The molecule has 8 heteroatoms. The molecular formula is C20H24N2O6. The predicted octanol–water partition coefficient (Wildman–Crippen LogP) is 1.83. The number of rotatable bonds is 7. The van der Waals surface area contributed by atoms with Crippen molar-refractivity contribution in [2.45, 2.75) is 50.6 Å². The number of nitrogens with one attached hydrogen (secondary N) is 1. The summed E-state index contributed by atoms with van der Waals surface area (Å²) in [5, 5.41) is 11.7. The molecule has 1 atom stereocenters. The molecule has 2 aliphatic rings. The molecule has 3 rings (SSSR count). The highest BCUT2D eigenvalue weighted by Crippen LogP contribution is 2.31. The first-order valence-corrected chi connectivity index (χ1v) is 9.48. The number of ether oxygens (including phenoxy) is 1. The molecule has 1 aromatic rings. The zero-order valence-corrected chi connectivity index (χ0v) is 15.8. The third-order valence-corrected chi connectivity index (χ3v) is 5.33. The standard InChI is InChI=1S/C20H24N2O6/c1-28-10-9-16(20(26)27)21-17(23)12-7-8-14-15(11-12)19(25)22(18(14)24)13-5-3-2-4-6-13/h7-8,11,13,16H,2-6,9-10H2,1H3,(H,21,23)(H,26,27). The molecule has 1 heterocycles. The first-order valence-electron chi connectivity index (χ1n) is 9.48. The number of aliphatic carboxylic acids is 1. The van der Waals surface area contributed by atoms with E-state index in [1.54, 1.807) is 0 Å². The van der Waals surface area contributed by atoms with Crippen LogP contribution in [0.5, 0.6) is 0 Å². The summed E-state index contributed by atoms with van der Waals surface area (Å²) in [6.07, 6.45) is 4.82. The Balaban J connectivity index is 1.78. The smallest absolute Gasteiger partial charge is 0.326 e. The third kappa shape index (κ3) is 3.91. The molecule has 0 aromatic heterocycles. The fourth-order valence-corrected chi connectivity index (χ4v) is 3.81. The molecular weight excluding hydrogens is 364 g/mol. The molecule has 150 valence electrons. The van der Waals surface area contributed by atoms with Gasteiger partial charge in [0.25, 0.3) is 17.7 Å². The van der Waals surface area contributed by atoms with Crippen molar-refractivity contribution in [3.8, 4) is 0 Å². The molecule has 8 nitrogen and oxygen atoms in total. The molecule has 1 saturated carbocycles. The van der Waals surface area contributed by atoms with Crippen molar-refractivity contribution in [2.24, 2.45) is 0 Å². The van der Waals surface area contributed by atoms with Crippen molar-refractivity contribution in [2.75, 3.05) is 13.7 Å². The van der Waals surface area contributed by atoms with E-state index in [1.807, 2.05) is 0 Å². The van der Waals surface area contributed by atoms with E-state index in [2.05, 4.69) is 5.32 Å². The van der Waals surface area contributed by atoms with Gasteiger partial charge in [0.2, 0.25) is 0 Å². The molecule has 1 unspecified atom stereocenters. The molecule has 1 fully saturated rings. The number of carbonyl (C=O) groups is 4. The monoisotopic (exact) mass is 388 g/mol. The van der Waals surface area contributed by atoms with Crippen LogP contribution in [0.4, 0.5) is 0 Å². The maximum Gasteiger partial charge on any atom is 0.326 e. The summed E-state index contributed by atoms with van der Waals surface area (Å²) in [6, 6.07) is 3.10. The Morgan fingerprint density at radius 2 is 1.86 bits per heavy atom. The van der Waals surface area contributed by atoms with Crippen molar-refractivity contribution in [3.05, 3.63) is 34.9 Å². The van der Waals surface area contributed by atoms with Crippen LogP contribution in [0.25, 0.3) is 0 Å². The Labute approximate surface area is 162 Å². The number of imide groups is 1. The van der Waals surface area contributed by atoms with Gasteiger partial charge in [0.15, 0.2) is 0 Å². The highest BCUT2D eigenvalue weighted by atomic mass is 16.5. The van der Waals surface area contributed by atoms with Crippen LogP contribution in [-0.4, -0.2) is 59.5 Å². The van der Waals surface area contributed by atoms with Crippen molar-refractivity contribution < 1.29 is 29.0 Å². The molecule has 0 saturated heterocycles. The van der Waals surface area contributed by atoms with Gasteiger partial charge in [-0.05, 0) is 31.0 Å². The largest absolute Gasteiger partial charge is 0.480 e. The van der Waals surface area contributed by atoms with Gasteiger partial charge in [-0.25, -0.2) is 4.79 Å². The Morgan fingerprint density at radius 3 is 2.50 bits per heavy atom. The van der Waals surface area contributed by atoms with Crippen molar-refractivity contribution in [1.29, 1.82) is 0 Å². The SMILES string of the molecule is COCCC(NC(=O)c1ccc2c(c1)C(=O)N(C1CCCCC1)C2=O)C(=O)O. The summed E-state index contributed by atoms with van der Waals surface area (Å²) >= 11 is 0. The Morgan fingerprint density at radius 1 is 1.18 bits per heavy atom. The van der Waals surface area contributed by atoms with Gasteiger partial charge in [-0.3, -0.25) is 19.3 Å². The number of hydrogen-bond acceptors (Lipinski definition) is 5. The second-order valence-electron chi connectivity index (χ2n) is 7.18. The molecule has 28 heavy (non-hydrogen) atoms. The number of fused-ring (bicyclic) bond motifs is 1. The zero-order chi connectivity index (χ0) is 20.3. The molecule has 0 bridgehead atoms. The minimum Gasteiger partial charge on any atom is -0.480 e. The van der Waals surface area contributed by atoms with Crippen LogP contribution in [0.2, 0.25) is 0 Å². The van der Waals surface area contributed by atoms with Crippen LogP contribution >= 0.6 is 0 Å². The van der Waals surface area contributed by atoms with Crippen molar-refractivity contribution >= 4 is 23.7 Å². The van der Waals surface area contributed by atoms with Gasteiger partial charge in [0, 0.05) is 31.7 Å². The van der Waals surface area contributed by atoms with Gasteiger partial charge in [0.05, 0.1) is 11.1 Å². The quantitative estimate of drug-likeness (QED) is 0.689. The first-order chi connectivity index (χ1) is 13.4. The van der Waals surface area contributed by atoms with E-state index >= 15 is 0 Å². The fourth-order valence-electron chi connectivity index (χ4n) is 3.81. The summed E-state index contributed by atoms with van der Waals surface area (Å²) in [6.45, 7) is 0.185. The van der Waals surface area contributed by atoms with E-state index in [9.17, 15) is 24.3 Å². The van der Waals surface area contributed by atoms with Crippen molar-refractivity contribution in [3.63, 3.8) is 0 Å². The number of hydrogen-bond donors (Lipinski definition) is 2. The van der Waals surface area contributed by atoms with E-state index in [4.69, 9.17) is 4.74 Å². The number of carboxylic acid groups (broad SMARTS) is 1. The number of methoxy groups -OCH3 is 1. The summed E-state index contributed by atoms with van der Waals surface area (Å²) in [5.74, 6) is -2.47. The lowest BCUT2D eigenvalue weighted by molar-refractivity contribution is -0.139. The molecule has 0 radical (unpaired) electrons. The highest BCUT2D eigenvalue weighted by Gasteiger charge is 2.40. The van der Waals surface area contributed by atoms with Gasteiger partial charge < -0.3 is 15.2 Å². The molecule has 3 amide bonds. The second kappa shape index (κ2) is 8.52. The number of carbonyl (C=O) groups excluding carboxylic acids is 3. The number of carboxylic acids is 1. The lowest BCUT2D eigenvalue weighted by atomic mass is 9.94. The van der Waals surface area contributed by atoms with Crippen LogP contribution in [0.15, 0.2) is 18.2 Å². The number of benzene rings is 1. The topological polar surface area (TPSA) is 113 Å². The van der Waals surface area contributed by atoms with Crippen LogP contribution < -0.4 is 5.32 Å². The number of nitrogens with zero attached hydrogens (tertiary/aromatic N) is 1. The average Bonchev–Trinajstić information content (AvgIpc) is 2.95. The number of amides is 3. The van der Waals surface area contributed by atoms with E-state index in [0.717, 1.165) is 32.1 Å². The van der Waals surface area contributed by atoms with Gasteiger partial charge in [0.1, 0.15) is 6.04 Å². The fraction of sp³-hybridized carbons (Fsp3) is 0.500. The minimum absolute atomic E-state index is 0.0936. The van der Waals surface area contributed by atoms with E-state index in [1.165, 1.54) is 30.2 Å². The van der Waals surface area contributed by atoms with E-state index in [-0.39, 0.29) is 42.0 Å². The van der Waals surface area contributed by atoms with E-state index in [0.29, 0.717) is 5.56 Å². The molecule has 1 aliphatic carbocycles. The summed E-state index contributed by atoms with van der Waals surface area (Å²) in [7, 11) is 1.45. The van der Waals surface area contributed by atoms with Crippen LogP contribution in [-0.2, 0) is 9.53 Å². The highest BCUT2D eigenvalue weighted by molar-refractivity contribution is 6.22. The van der Waals surface area contributed by atoms with Gasteiger partial charge >= 0.3 is 5.97 Å². The second-order valence-corrected chi connectivity index (χ2v) is 7.18. The summed E-state index contributed by atoms with van der Waals surface area (Å²) in [5.41, 5.74) is 0.641. The molecule has 2 N–H and O–H groups in total. The maximum atomic E-state index is 12.8.